The van der Waals surface area contributed by atoms with Crippen LogP contribution in [-0.4, -0.2) is 28.5 Å². The number of aryl methyl sites for hydroxylation is 2. The minimum atomic E-state index is -0.797. The SMILES string of the molecule is COc1ccccc1NC(=O)c1sc2ncn(C(C)C(=O)Nc3ccccc3C)c(=O)c2c1C. The number of aromatic nitrogens is 2. The summed E-state index contributed by atoms with van der Waals surface area (Å²) in [6.07, 6.45) is 1.35. The molecule has 4 aromatic rings. The third-order valence-electron chi connectivity index (χ3n) is 5.64. The Kier molecular flexibility index (Phi) is 6.47. The lowest BCUT2D eigenvalue weighted by molar-refractivity contribution is -0.118. The molecule has 1 unspecified atom stereocenters. The molecule has 2 N–H and O–H groups in total. The van der Waals surface area contributed by atoms with Crippen LogP contribution in [0.15, 0.2) is 59.7 Å². The van der Waals surface area contributed by atoms with Gasteiger partial charge in [0.05, 0.1) is 29.4 Å². The third kappa shape index (κ3) is 4.29. The number of benzene rings is 2. The summed E-state index contributed by atoms with van der Waals surface area (Å²) in [6.45, 7) is 5.24. The summed E-state index contributed by atoms with van der Waals surface area (Å²) >= 11 is 1.13. The molecule has 0 aliphatic rings. The number of fused-ring (bicyclic) bond motifs is 1. The number of nitrogens with one attached hydrogen (secondary N) is 2. The van der Waals surface area contributed by atoms with Crippen LogP contribution in [0, 0.1) is 13.8 Å². The van der Waals surface area contributed by atoms with Gasteiger partial charge in [-0.25, -0.2) is 4.98 Å². The summed E-state index contributed by atoms with van der Waals surface area (Å²) in [5, 5.41) is 6.02. The lowest BCUT2D eigenvalue weighted by atomic mass is 10.2. The Labute approximate surface area is 200 Å². The number of methoxy groups -OCH3 is 1. The van der Waals surface area contributed by atoms with E-state index >= 15 is 0 Å². The van der Waals surface area contributed by atoms with Crippen molar-refractivity contribution in [2.45, 2.75) is 26.8 Å². The zero-order valence-corrected chi connectivity index (χ0v) is 20.0. The molecule has 2 aromatic carbocycles. The topological polar surface area (TPSA) is 102 Å². The molecule has 0 radical (unpaired) electrons. The standard InChI is InChI=1S/C25H24N4O4S/c1-14-9-5-6-10-17(14)27-22(30)16(3)29-13-26-24-20(25(29)32)15(2)21(34-24)23(31)28-18-11-7-8-12-19(18)33-4/h5-13,16H,1-4H3,(H,27,30)(H,28,31). The van der Waals surface area contributed by atoms with E-state index in [9.17, 15) is 14.4 Å². The van der Waals surface area contributed by atoms with Crippen molar-refractivity contribution in [3.05, 3.63) is 81.2 Å². The Morgan fingerprint density at radius 1 is 1.03 bits per heavy atom. The Morgan fingerprint density at radius 3 is 2.41 bits per heavy atom. The smallest absolute Gasteiger partial charge is 0.266 e. The molecule has 8 nitrogen and oxygen atoms in total. The van der Waals surface area contributed by atoms with Gasteiger partial charge >= 0.3 is 0 Å². The van der Waals surface area contributed by atoms with Gasteiger partial charge in [0.15, 0.2) is 0 Å². The third-order valence-corrected chi connectivity index (χ3v) is 6.84. The predicted molar refractivity (Wildman–Crippen MR) is 134 cm³/mol. The number of ether oxygens (including phenoxy) is 1. The lowest BCUT2D eigenvalue weighted by Gasteiger charge is -2.16. The number of thiophene rings is 1. The molecular weight excluding hydrogens is 452 g/mol. The molecule has 4 rings (SSSR count). The van der Waals surface area contributed by atoms with Gasteiger partial charge in [-0.05, 0) is 50.1 Å². The number of hydrogen-bond donors (Lipinski definition) is 2. The molecule has 0 bridgehead atoms. The van der Waals surface area contributed by atoms with Gasteiger partial charge in [0.2, 0.25) is 5.91 Å². The van der Waals surface area contributed by atoms with Crippen LogP contribution in [0.4, 0.5) is 11.4 Å². The number of carbonyl (C=O) groups excluding carboxylic acids is 2. The summed E-state index contributed by atoms with van der Waals surface area (Å²) < 4.78 is 6.58. The summed E-state index contributed by atoms with van der Waals surface area (Å²) in [5.74, 6) is -0.163. The molecule has 0 saturated heterocycles. The number of para-hydroxylation sites is 3. The molecule has 2 amide bonds. The number of hydrogen-bond acceptors (Lipinski definition) is 6. The summed E-state index contributed by atoms with van der Waals surface area (Å²) in [7, 11) is 1.53. The van der Waals surface area contributed by atoms with E-state index in [2.05, 4.69) is 15.6 Å². The van der Waals surface area contributed by atoms with Crippen molar-refractivity contribution < 1.29 is 14.3 Å². The quantitative estimate of drug-likeness (QED) is 0.426. The average molecular weight is 477 g/mol. The van der Waals surface area contributed by atoms with Crippen LogP contribution in [0.2, 0.25) is 0 Å². The fourth-order valence-electron chi connectivity index (χ4n) is 3.63. The first-order chi connectivity index (χ1) is 16.3. The Hall–Kier alpha value is -3.98. The molecule has 0 spiro atoms. The fourth-order valence-corrected chi connectivity index (χ4v) is 4.67. The van der Waals surface area contributed by atoms with Gasteiger partial charge in [-0.15, -0.1) is 11.3 Å². The van der Waals surface area contributed by atoms with Gasteiger partial charge in [0.25, 0.3) is 11.5 Å². The minimum Gasteiger partial charge on any atom is -0.495 e. The van der Waals surface area contributed by atoms with E-state index in [4.69, 9.17) is 4.74 Å². The van der Waals surface area contributed by atoms with Crippen LogP contribution < -0.4 is 20.9 Å². The molecule has 0 fully saturated rings. The maximum absolute atomic E-state index is 13.3. The predicted octanol–water partition coefficient (Wildman–Crippen LogP) is 4.54. The normalized spacial score (nSPS) is 11.8. The highest BCUT2D eigenvalue weighted by atomic mass is 32.1. The van der Waals surface area contributed by atoms with Crippen molar-refractivity contribution in [1.29, 1.82) is 0 Å². The fraction of sp³-hybridized carbons (Fsp3) is 0.200. The zero-order chi connectivity index (χ0) is 24.4. The molecule has 0 saturated carbocycles. The molecule has 9 heteroatoms. The maximum atomic E-state index is 13.3. The summed E-state index contributed by atoms with van der Waals surface area (Å²) in [4.78, 5) is 44.3. The van der Waals surface area contributed by atoms with E-state index < -0.39 is 6.04 Å². The van der Waals surface area contributed by atoms with Crippen LogP contribution in [-0.2, 0) is 4.79 Å². The second-order valence-corrected chi connectivity index (χ2v) is 8.83. The highest BCUT2D eigenvalue weighted by molar-refractivity contribution is 7.20. The van der Waals surface area contributed by atoms with Crippen molar-refractivity contribution in [1.82, 2.24) is 9.55 Å². The molecule has 34 heavy (non-hydrogen) atoms. The van der Waals surface area contributed by atoms with Crippen LogP contribution in [0.1, 0.15) is 33.8 Å². The summed E-state index contributed by atoms with van der Waals surface area (Å²) in [6, 6.07) is 13.7. The van der Waals surface area contributed by atoms with Gasteiger partial charge < -0.3 is 15.4 Å². The number of carbonyl (C=O) groups is 2. The van der Waals surface area contributed by atoms with Gasteiger partial charge in [0, 0.05) is 5.69 Å². The minimum absolute atomic E-state index is 0.327. The molecule has 0 aliphatic heterocycles. The second kappa shape index (κ2) is 9.48. The van der Waals surface area contributed by atoms with Gasteiger partial charge in [0.1, 0.15) is 16.6 Å². The van der Waals surface area contributed by atoms with Crippen molar-refractivity contribution in [2.75, 3.05) is 17.7 Å². The molecule has 1 atom stereocenters. The van der Waals surface area contributed by atoms with Crippen molar-refractivity contribution >= 4 is 44.7 Å². The van der Waals surface area contributed by atoms with Gasteiger partial charge in [-0.3, -0.25) is 19.0 Å². The second-order valence-electron chi connectivity index (χ2n) is 7.83. The maximum Gasteiger partial charge on any atom is 0.266 e. The number of amides is 2. The Bertz CT molecular complexity index is 1460. The van der Waals surface area contributed by atoms with E-state index in [-0.39, 0.29) is 17.4 Å². The summed E-state index contributed by atoms with van der Waals surface area (Å²) in [5.41, 5.74) is 2.28. The van der Waals surface area contributed by atoms with E-state index in [0.717, 1.165) is 16.9 Å². The number of nitrogens with zero attached hydrogens (tertiary/aromatic N) is 2. The molecule has 174 valence electrons. The largest absolute Gasteiger partial charge is 0.495 e. The van der Waals surface area contributed by atoms with Crippen LogP contribution in [0.3, 0.4) is 0 Å². The first-order valence-electron chi connectivity index (χ1n) is 10.6. The van der Waals surface area contributed by atoms with E-state index in [1.165, 1.54) is 18.0 Å². The van der Waals surface area contributed by atoms with E-state index in [0.29, 0.717) is 37.8 Å². The van der Waals surface area contributed by atoms with Crippen LogP contribution >= 0.6 is 11.3 Å². The van der Waals surface area contributed by atoms with E-state index in [1.807, 2.05) is 31.2 Å². The van der Waals surface area contributed by atoms with Crippen molar-refractivity contribution in [3.8, 4) is 5.75 Å². The van der Waals surface area contributed by atoms with Gasteiger partial charge in [-0.2, -0.15) is 0 Å². The highest BCUT2D eigenvalue weighted by Gasteiger charge is 2.23. The van der Waals surface area contributed by atoms with Crippen LogP contribution in [0.25, 0.3) is 10.2 Å². The molecule has 2 heterocycles. The first-order valence-corrected chi connectivity index (χ1v) is 11.4. The van der Waals surface area contributed by atoms with Crippen LogP contribution in [0.5, 0.6) is 5.75 Å². The molecule has 0 aliphatic carbocycles. The van der Waals surface area contributed by atoms with Crippen molar-refractivity contribution in [3.63, 3.8) is 0 Å². The van der Waals surface area contributed by atoms with E-state index in [1.54, 1.807) is 38.1 Å². The number of anilines is 2. The lowest BCUT2D eigenvalue weighted by Crippen LogP contribution is -2.32. The monoisotopic (exact) mass is 476 g/mol. The average Bonchev–Trinajstić information content (AvgIpc) is 3.18. The highest BCUT2D eigenvalue weighted by Crippen LogP contribution is 2.30. The number of rotatable bonds is 6. The Balaban J connectivity index is 1.64. The first kappa shape index (κ1) is 23.2. The molecule has 2 aromatic heterocycles. The van der Waals surface area contributed by atoms with Gasteiger partial charge in [-0.1, -0.05) is 30.3 Å². The zero-order valence-electron chi connectivity index (χ0n) is 19.2. The van der Waals surface area contributed by atoms with Crippen molar-refractivity contribution in [2.24, 2.45) is 0 Å². The Morgan fingerprint density at radius 2 is 1.71 bits per heavy atom. The molecular formula is C25H24N4O4S.